The molecule has 122 valence electrons. The maximum absolute atomic E-state index is 12.3. The zero-order valence-corrected chi connectivity index (χ0v) is 14.0. The topological polar surface area (TPSA) is 69.0 Å². The van der Waals surface area contributed by atoms with Crippen molar-refractivity contribution in [2.45, 2.75) is 43.1 Å². The standard InChI is InChI=1S/C16H20N4O2S/c1-3-22-14-8-4-12(5-9-14)18-15(21)11(2)23-16-19-17-10-20(16)13-6-7-13/h4-5,8-11,13H,3,6-7H2,1-2H3,(H,18,21). The first-order chi connectivity index (χ1) is 11.2. The number of rotatable bonds is 7. The molecule has 1 fully saturated rings. The van der Waals surface area contributed by atoms with Crippen molar-refractivity contribution in [3.8, 4) is 5.75 Å². The Balaban J connectivity index is 1.57. The normalized spacial score (nSPS) is 15.2. The number of thioether (sulfide) groups is 1. The minimum atomic E-state index is -0.247. The van der Waals surface area contributed by atoms with Crippen molar-refractivity contribution in [3.63, 3.8) is 0 Å². The SMILES string of the molecule is CCOc1ccc(NC(=O)C(C)Sc2nncn2C2CC2)cc1. The van der Waals surface area contributed by atoms with E-state index in [0.29, 0.717) is 12.6 Å². The van der Waals surface area contributed by atoms with E-state index in [1.807, 2.05) is 38.1 Å². The molecule has 1 unspecified atom stereocenters. The molecule has 6 nitrogen and oxygen atoms in total. The zero-order chi connectivity index (χ0) is 16.2. The van der Waals surface area contributed by atoms with Crippen LogP contribution in [0.4, 0.5) is 5.69 Å². The number of amides is 1. The Labute approximate surface area is 139 Å². The van der Waals surface area contributed by atoms with Crippen LogP contribution in [0.3, 0.4) is 0 Å². The van der Waals surface area contributed by atoms with Crippen LogP contribution in [0.25, 0.3) is 0 Å². The molecular formula is C16H20N4O2S. The van der Waals surface area contributed by atoms with Crippen LogP contribution in [0.2, 0.25) is 0 Å². The summed E-state index contributed by atoms with van der Waals surface area (Å²) in [7, 11) is 0. The average molecular weight is 332 g/mol. The Kier molecular flexibility index (Phi) is 4.85. The Morgan fingerprint density at radius 3 is 2.83 bits per heavy atom. The van der Waals surface area contributed by atoms with Crippen molar-refractivity contribution < 1.29 is 9.53 Å². The van der Waals surface area contributed by atoms with Gasteiger partial charge in [0.1, 0.15) is 12.1 Å². The number of carbonyl (C=O) groups excluding carboxylic acids is 1. The monoisotopic (exact) mass is 332 g/mol. The van der Waals surface area contributed by atoms with Crippen molar-refractivity contribution in [1.82, 2.24) is 14.8 Å². The number of benzene rings is 1. The van der Waals surface area contributed by atoms with Crippen molar-refractivity contribution >= 4 is 23.4 Å². The molecule has 0 saturated heterocycles. The molecule has 1 heterocycles. The van der Waals surface area contributed by atoms with Gasteiger partial charge in [0.25, 0.3) is 0 Å². The molecule has 7 heteroatoms. The Morgan fingerprint density at radius 1 is 1.43 bits per heavy atom. The number of nitrogens with zero attached hydrogens (tertiary/aromatic N) is 3. The number of ether oxygens (including phenoxy) is 1. The Bertz CT molecular complexity index is 667. The van der Waals surface area contributed by atoms with Crippen LogP contribution >= 0.6 is 11.8 Å². The maximum atomic E-state index is 12.3. The fourth-order valence-corrected chi connectivity index (χ4v) is 3.07. The van der Waals surface area contributed by atoms with Crippen LogP contribution in [0.15, 0.2) is 35.7 Å². The van der Waals surface area contributed by atoms with Crippen molar-refractivity contribution in [2.24, 2.45) is 0 Å². The lowest BCUT2D eigenvalue weighted by molar-refractivity contribution is -0.115. The van der Waals surface area contributed by atoms with E-state index in [0.717, 1.165) is 16.6 Å². The fraction of sp³-hybridized carbons (Fsp3) is 0.438. The number of anilines is 1. The lowest BCUT2D eigenvalue weighted by Gasteiger charge is -2.12. The van der Waals surface area contributed by atoms with Crippen molar-refractivity contribution in [1.29, 1.82) is 0 Å². The van der Waals surface area contributed by atoms with Crippen LogP contribution in [0.1, 0.15) is 32.7 Å². The Morgan fingerprint density at radius 2 is 2.17 bits per heavy atom. The molecule has 0 radical (unpaired) electrons. The summed E-state index contributed by atoms with van der Waals surface area (Å²) in [6.07, 6.45) is 4.08. The highest BCUT2D eigenvalue weighted by Crippen LogP contribution is 2.38. The van der Waals surface area contributed by atoms with E-state index in [1.54, 1.807) is 6.33 Å². The third kappa shape index (κ3) is 4.04. The first-order valence-corrected chi connectivity index (χ1v) is 8.65. The van der Waals surface area contributed by atoms with Crippen molar-refractivity contribution in [3.05, 3.63) is 30.6 Å². The van der Waals surface area contributed by atoms with Gasteiger partial charge < -0.3 is 14.6 Å². The summed E-state index contributed by atoms with van der Waals surface area (Å²) in [5, 5.41) is 11.5. The fourth-order valence-electron chi connectivity index (χ4n) is 2.18. The molecule has 0 aliphatic heterocycles. The van der Waals surface area contributed by atoms with Gasteiger partial charge in [0, 0.05) is 11.7 Å². The predicted molar refractivity (Wildman–Crippen MR) is 89.9 cm³/mol. The maximum Gasteiger partial charge on any atom is 0.237 e. The van der Waals surface area contributed by atoms with E-state index in [-0.39, 0.29) is 11.2 Å². The quantitative estimate of drug-likeness (QED) is 0.789. The van der Waals surface area contributed by atoms with E-state index in [4.69, 9.17) is 4.74 Å². The molecule has 1 atom stereocenters. The summed E-state index contributed by atoms with van der Waals surface area (Å²) >= 11 is 1.44. The zero-order valence-electron chi connectivity index (χ0n) is 13.2. The van der Waals surface area contributed by atoms with Gasteiger partial charge in [0.2, 0.25) is 5.91 Å². The first kappa shape index (κ1) is 15.9. The van der Waals surface area contributed by atoms with Gasteiger partial charge in [-0.05, 0) is 51.0 Å². The second-order valence-electron chi connectivity index (χ2n) is 5.46. The Hall–Kier alpha value is -2.02. The van der Waals surface area contributed by atoms with E-state index in [2.05, 4.69) is 20.1 Å². The summed E-state index contributed by atoms with van der Waals surface area (Å²) in [6, 6.07) is 7.88. The molecule has 23 heavy (non-hydrogen) atoms. The van der Waals surface area contributed by atoms with Gasteiger partial charge in [-0.1, -0.05) is 11.8 Å². The second kappa shape index (κ2) is 7.04. The first-order valence-electron chi connectivity index (χ1n) is 7.77. The van der Waals surface area contributed by atoms with E-state index in [1.165, 1.54) is 24.6 Å². The van der Waals surface area contributed by atoms with Crippen LogP contribution in [0, 0.1) is 0 Å². The molecule has 1 saturated carbocycles. The van der Waals surface area contributed by atoms with Crippen LogP contribution in [0.5, 0.6) is 5.75 Å². The van der Waals surface area contributed by atoms with E-state index >= 15 is 0 Å². The summed E-state index contributed by atoms with van der Waals surface area (Å²) in [4.78, 5) is 12.3. The number of nitrogens with one attached hydrogen (secondary N) is 1. The summed E-state index contributed by atoms with van der Waals surface area (Å²) < 4.78 is 7.45. The van der Waals surface area contributed by atoms with Crippen LogP contribution in [-0.4, -0.2) is 32.5 Å². The highest BCUT2D eigenvalue weighted by atomic mass is 32.2. The van der Waals surface area contributed by atoms with E-state index < -0.39 is 0 Å². The average Bonchev–Trinajstić information content (AvgIpc) is 3.29. The predicted octanol–water partition coefficient (Wildman–Crippen LogP) is 3.13. The summed E-state index contributed by atoms with van der Waals surface area (Å²) in [5.41, 5.74) is 0.759. The molecule has 0 bridgehead atoms. The number of hydrogen-bond acceptors (Lipinski definition) is 5. The largest absolute Gasteiger partial charge is 0.494 e. The molecule has 1 amide bonds. The molecule has 3 rings (SSSR count). The third-order valence-corrected chi connectivity index (χ3v) is 4.64. The van der Waals surface area contributed by atoms with Gasteiger partial charge in [-0.25, -0.2) is 0 Å². The molecule has 1 aromatic carbocycles. The molecule has 1 aromatic heterocycles. The van der Waals surface area contributed by atoms with Gasteiger partial charge in [0.15, 0.2) is 5.16 Å². The molecule has 1 aliphatic carbocycles. The highest BCUT2D eigenvalue weighted by molar-refractivity contribution is 8.00. The highest BCUT2D eigenvalue weighted by Gasteiger charge is 2.27. The van der Waals surface area contributed by atoms with Crippen molar-refractivity contribution in [2.75, 3.05) is 11.9 Å². The number of aromatic nitrogens is 3. The number of carbonyl (C=O) groups is 1. The van der Waals surface area contributed by atoms with Gasteiger partial charge in [-0.15, -0.1) is 10.2 Å². The van der Waals surface area contributed by atoms with Gasteiger partial charge in [-0.3, -0.25) is 4.79 Å². The number of hydrogen-bond donors (Lipinski definition) is 1. The van der Waals surface area contributed by atoms with E-state index in [9.17, 15) is 4.79 Å². The van der Waals surface area contributed by atoms with Gasteiger partial charge in [0.05, 0.1) is 11.9 Å². The third-order valence-electron chi connectivity index (χ3n) is 3.56. The second-order valence-corrected chi connectivity index (χ2v) is 6.77. The molecular weight excluding hydrogens is 312 g/mol. The smallest absolute Gasteiger partial charge is 0.237 e. The summed E-state index contributed by atoms with van der Waals surface area (Å²) in [5.74, 6) is 0.745. The molecule has 2 aromatic rings. The van der Waals surface area contributed by atoms with Gasteiger partial charge in [-0.2, -0.15) is 0 Å². The van der Waals surface area contributed by atoms with Crippen LogP contribution < -0.4 is 10.1 Å². The summed E-state index contributed by atoms with van der Waals surface area (Å²) in [6.45, 7) is 4.44. The van der Waals surface area contributed by atoms with Crippen LogP contribution in [-0.2, 0) is 4.79 Å². The molecule has 0 spiro atoms. The minimum Gasteiger partial charge on any atom is -0.494 e. The molecule has 1 aliphatic rings. The lowest BCUT2D eigenvalue weighted by atomic mass is 10.3. The molecule has 1 N–H and O–H groups in total. The van der Waals surface area contributed by atoms with Gasteiger partial charge >= 0.3 is 0 Å². The minimum absolute atomic E-state index is 0.0514. The lowest BCUT2D eigenvalue weighted by Crippen LogP contribution is -2.22.